The number of amides is 1. The van der Waals surface area contributed by atoms with Crippen molar-refractivity contribution < 1.29 is 23.5 Å². The van der Waals surface area contributed by atoms with E-state index in [2.05, 4.69) is 5.32 Å². The van der Waals surface area contributed by atoms with Crippen molar-refractivity contribution in [3.8, 4) is 5.75 Å². The lowest BCUT2D eigenvalue weighted by molar-refractivity contribution is -0.129. The van der Waals surface area contributed by atoms with E-state index in [1.807, 2.05) is 0 Å². The minimum atomic E-state index is -0.926. The number of furan rings is 1. The van der Waals surface area contributed by atoms with Crippen molar-refractivity contribution in [2.75, 3.05) is 0 Å². The number of hydrogen-bond acceptors (Lipinski definition) is 5. The second-order valence-corrected chi connectivity index (χ2v) is 6.72. The van der Waals surface area contributed by atoms with Crippen molar-refractivity contribution in [3.63, 3.8) is 0 Å². The largest absolute Gasteiger partial charge is 0.489 e. The van der Waals surface area contributed by atoms with Crippen LogP contribution in [-0.4, -0.2) is 18.0 Å². The summed E-state index contributed by atoms with van der Waals surface area (Å²) in [6, 6.07) is 17.4. The zero-order valence-electron chi connectivity index (χ0n) is 15.8. The molecule has 0 fully saturated rings. The summed E-state index contributed by atoms with van der Waals surface area (Å²) in [5, 5.41) is 3.29. The second kappa shape index (κ2) is 9.80. The summed E-state index contributed by atoms with van der Waals surface area (Å²) in [5.41, 5.74) is 1.24. The van der Waals surface area contributed by atoms with Crippen LogP contribution in [0.15, 0.2) is 71.3 Å². The van der Waals surface area contributed by atoms with Gasteiger partial charge in [0.2, 0.25) is 0 Å². The first-order chi connectivity index (χ1) is 14.0. The standard InChI is InChI=1S/C22H20ClNO5/c1-15(21(25)24-13-20-3-2-12-27-20)29-22(26)17-6-4-16(5-7-17)14-28-19-10-8-18(23)9-11-19/h2-12,15H,13-14H2,1H3,(H,24,25)/t15-/m1/s1. The number of ether oxygens (including phenoxy) is 2. The zero-order valence-corrected chi connectivity index (χ0v) is 16.5. The lowest BCUT2D eigenvalue weighted by atomic mass is 10.1. The van der Waals surface area contributed by atoms with Crippen LogP contribution in [0.4, 0.5) is 0 Å². The fourth-order valence-corrected chi connectivity index (χ4v) is 2.57. The Kier molecular flexibility index (Phi) is 6.92. The van der Waals surface area contributed by atoms with Crippen LogP contribution in [0.1, 0.15) is 28.6 Å². The Labute approximate surface area is 173 Å². The van der Waals surface area contributed by atoms with Gasteiger partial charge in [-0.2, -0.15) is 0 Å². The van der Waals surface area contributed by atoms with E-state index in [1.54, 1.807) is 60.7 Å². The molecule has 1 amide bonds. The smallest absolute Gasteiger partial charge is 0.338 e. The summed E-state index contributed by atoms with van der Waals surface area (Å²) < 4.78 is 16.0. The van der Waals surface area contributed by atoms with Crippen LogP contribution in [0.5, 0.6) is 5.75 Å². The fraction of sp³-hybridized carbons (Fsp3) is 0.182. The third-order valence-corrected chi connectivity index (χ3v) is 4.33. The molecule has 150 valence electrons. The molecule has 0 aliphatic heterocycles. The molecule has 0 aliphatic carbocycles. The lowest BCUT2D eigenvalue weighted by Gasteiger charge is -2.13. The van der Waals surface area contributed by atoms with E-state index in [0.29, 0.717) is 28.7 Å². The molecule has 0 saturated carbocycles. The average molecular weight is 414 g/mol. The Morgan fingerprint density at radius 1 is 1.07 bits per heavy atom. The minimum Gasteiger partial charge on any atom is -0.489 e. The third-order valence-electron chi connectivity index (χ3n) is 4.08. The first-order valence-electron chi connectivity index (χ1n) is 8.99. The third kappa shape index (κ3) is 6.12. The van der Waals surface area contributed by atoms with Crippen molar-refractivity contribution in [2.45, 2.75) is 26.2 Å². The maximum Gasteiger partial charge on any atom is 0.338 e. The maximum absolute atomic E-state index is 12.3. The Bertz CT molecular complexity index is 936. The van der Waals surface area contributed by atoms with E-state index in [0.717, 1.165) is 5.56 Å². The van der Waals surface area contributed by atoms with Crippen molar-refractivity contribution in [2.24, 2.45) is 0 Å². The minimum absolute atomic E-state index is 0.232. The van der Waals surface area contributed by atoms with Gasteiger partial charge in [0.1, 0.15) is 18.1 Å². The summed E-state index contributed by atoms with van der Waals surface area (Å²) in [4.78, 5) is 24.3. The normalized spacial score (nSPS) is 11.5. The van der Waals surface area contributed by atoms with Crippen molar-refractivity contribution >= 4 is 23.5 Å². The van der Waals surface area contributed by atoms with Crippen molar-refractivity contribution in [1.29, 1.82) is 0 Å². The molecule has 3 rings (SSSR count). The van der Waals surface area contributed by atoms with E-state index < -0.39 is 18.0 Å². The van der Waals surface area contributed by atoms with Crippen LogP contribution in [0.3, 0.4) is 0 Å². The van der Waals surface area contributed by atoms with E-state index in [-0.39, 0.29) is 6.54 Å². The molecule has 0 bridgehead atoms. The molecule has 1 N–H and O–H groups in total. The molecule has 1 aromatic heterocycles. The van der Waals surface area contributed by atoms with Gasteiger partial charge in [0.05, 0.1) is 18.4 Å². The molecule has 3 aromatic rings. The van der Waals surface area contributed by atoms with Gasteiger partial charge in [0.15, 0.2) is 6.10 Å². The van der Waals surface area contributed by atoms with Crippen LogP contribution in [-0.2, 0) is 22.7 Å². The average Bonchev–Trinajstić information content (AvgIpc) is 3.25. The molecule has 6 nitrogen and oxygen atoms in total. The Morgan fingerprint density at radius 3 is 2.45 bits per heavy atom. The van der Waals surface area contributed by atoms with Crippen LogP contribution >= 0.6 is 11.6 Å². The predicted molar refractivity (Wildman–Crippen MR) is 108 cm³/mol. The van der Waals surface area contributed by atoms with Crippen LogP contribution in [0.2, 0.25) is 5.02 Å². The van der Waals surface area contributed by atoms with Gasteiger partial charge in [-0.25, -0.2) is 4.79 Å². The quantitative estimate of drug-likeness (QED) is 0.555. The number of rotatable bonds is 8. The molecule has 0 radical (unpaired) electrons. The van der Waals surface area contributed by atoms with Gasteiger partial charge in [0, 0.05) is 5.02 Å². The molecular formula is C22H20ClNO5. The van der Waals surface area contributed by atoms with Gasteiger partial charge >= 0.3 is 5.97 Å². The highest BCUT2D eigenvalue weighted by Crippen LogP contribution is 2.17. The van der Waals surface area contributed by atoms with Gasteiger partial charge in [0.25, 0.3) is 5.91 Å². The topological polar surface area (TPSA) is 77.8 Å². The van der Waals surface area contributed by atoms with Gasteiger partial charge in [-0.15, -0.1) is 0 Å². The van der Waals surface area contributed by atoms with Crippen LogP contribution < -0.4 is 10.1 Å². The van der Waals surface area contributed by atoms with Gasteiger partial charge in [-0.3, -0.25) is 4.79 Å². The molecule has 0 aliphatic rings. The highest BCUT2D eigenvalue weighted by Gasteiger charge is 2.19. The number of esters is 1. The molecule has 29 heavy (non-hydrogen) atoms. The second-order valence-electron chi connectivity index (χ2n) is 6.28. The Hall–Kier alpha value is -3.25. The number of nitrogens with one attached hydrogen (secondary N) is 1. The summed E-state index contributed by atoms with van der Waals surface area (Å²) in [6.07, 6.45) is 0.597. The van der Waals surface area contributed by atoms with E-state index in [1.165, 1.54) is 13.2 Å². The zero-order chi connectivity index (χ0) is 20.6. The predicted octanol–water partition coefficient (Wildman–Crippen LogP) is 4.37. The number of benzene rings is 2. The highest BCUT2D eigenvalue weighted by atomic mass is 35.5. The Morgan fingerprint density at radius 2 is 1.79 bits per heavy atom. The van der Waals surface area contributed by atoms with E-state index in [9.17, 15) is 9.59 Å². The number of carbonyl (C=O) groups is 2. The van der Waals surface area contributed by atoms with Gasteiger partial charge in [-0.1, -0.05) is 23.7 Å². The van der Waals surface area contributed by atoms with Gasteiger partial charge < -0.3 is 19.2 Å². The van der Waals surface area contributed by atoms with Crippen molar-refractivity contribution in [1.82, 2.24) is 5.32 Å². The molecule has 7 heteroatoms. The molecule has 1 atom stereocenters. The number of carbonyl (C=O) groups excluding carboxylic acids is 2. The summed E-state index contributed by atoms with van der Waals surface area (Å²) in [7, 11) is 0. The first kappa shape index (κ1) is 20.5. The molecule has 0 unspecified atom stereocenters. The summed E-state index contributed by atoms with van der Waals surface area (Å²) in [6.45, 7) is 2.10. The number of hydrogen-bond donors (Lipinski definition) is 1. The highest BCUT2D eigenvalue weighted by molar-refractivity contribution is 6.30. The van der Waals surface area contributed by atoms with Crippen LogP contribution in [0, 0.1) is 0 Å². The maximum atomic E-state index is 12.3. The summed E-state index contributed by atoms with van der Waals surface area (Å²) >= 11 is 5.84. The molecule has 0 spiro atoms. The first-order valence-corrected chi connectivity index (χ1v) is 9.37. The molecule has 0 saturated heterocycles. The molecule has 2 aromatic carbocycles. The molecular weight excluding hydrogens is 394 g/mol. The van der Waals surface area contributed by atoms with E-state index in [4.69, 9.17) is 25.5 Å². The Balaban J connectivity index is 1.47. The summed E-state index contributed by atoms with van der Waals surface area (Å²) in [5.74, 6) is 0.346. The lowest BCUT2D eigenvalue weighted by Crippen LogP contribution is -2.35. The van der Waals surface area contributed by atoms with Crippen LogP contribution in [0.25, 0.3) is 0 Å². The van der Waals surface area contributed by atoms with Gasteiger partial charge in [-0.05, 0) is 61.0 Å². The fourth-order valence-electron chi connectivity index (χ4n) is 2.45. The number of halogens is 1. The molecule has 1 heterocycles. The van der Waals surface area contributed by atoms with Crippen molar-refractivity contribution in [3.05, 3.63) is 88.8 Å². The monoisotopic (exact) mass is 413 g/mol. The van der Waals surface area contributed by atoms with E-state index >= 15 is 0 Å². The SMILES string of the molecule is C[C@@H](OC(=O)c1ccc(COc2ccc(Cl)cc2)cc1)C(=O)NCc1ccco1.